The highest BCUT2D eigenvalue weighted by atomic mass is 16.5. The first kappa shape index (κ1) is 13.8. The second kappa shape index (κ2) is 5.69. The van der Waals surface area contributed by atoms with Crippen molar-refractivity contribution in [3.05, 3.63) is 24.2 Å². The number of aromatic nitrogens is 3. The summed E-state index contributed by atoms with van der Waals surface area (Å²) in [5, 5.41) is 5.68. The van der Waals surface area contributed by atoms with Crippen molar-refractivity contribution >= 4 is 17.2 Å². The molecule has 7 nitrogen and oxygen atoms in total. The van der Waals surface area contributed by atoms with Crippen LogP contribution in [-0.2, 0) is 11.3 Å². The molecule has 0 spiro atoms. The fourth-order valence-corrected chi connectivity index (χ4v) is 2.50. The first-order chi connectivity index (χ1) is 10.1. The molecule has 0 radical (unpaired) electrons. The van der Waals surface area contributed by atoms with Gasteiger partial charge in [-0.05, 0) is 26.0 Å². The van der Waals surface area contributed by atoms with Crippen molar-refractivity contribution in [3.8, 4) is 0 Å². The maximum atomic E-state index is 11.7. The predicted octanol–water partition coefficient (Wildman–Crippen LogP) is 1.21. The van der Waals surface area contributed by atoms with Crippen molar-refractivity contribution in [2.24, 2.45) is 0 Å². The van der Waals surface area contributed by atoms with Crippen molar-refractivity contribution in [2.75, 3.05) is 13.2 Å². The lowest BCUT2D eigenvalue weighted by Crippen LogP contribution is -2.43. The number of carbonyl (C=O) groups is 1. The fourth-order valence-electron chi connectivity index (χ4n) is 2.50. The van der Waals surface area contributed by atoms with E-state index in [1.165, 1.54) is 0 Å². The molecule has 1 aliphatic rings. The summed E-state index contributed by atoms with van der Waals surface area (Å²) in [5.41, 5.74) is 1.70. The summed E-state index contributed by atoms with van der Waals surface area (Å²) in [5.74, 6) is 0.853. The molecule has 0 aliphatic carbocycles. The molecule has 7 heteroatoms. The van der Waals surface area contributed by atoms with Crippen LogP contribution in [0, 0.1) is 0 Å². The van der Waals surface area contributed by atoms with Crippen molar-refractivity contribution in [1.29, 1.82) is 0 Å². The Balaban J connectivity index is 1.79. The molecule has 0 bridgehead atoms. The minimum Gasteiger partial charge on any atom is -0.371 e. The number of urea groups is 1. The van der Waals surface area contributed by atoms with Gasteiger partial charge < -0.3 is 19.9 Å². The van der Waals surface area contributed by atoms with Gasteiger partial charge >= 0.3 is 6.03 Å². The third kappa shape index (κ3) is 2.82. The standard InChI is InChI=1S/C14H19N5O2/c1-9(2)17-14(20)16-6-10-7-21-8-12-18-11-4-3-5-15-13(11)19(10)12/h3-5,9-10H,6-8H2,1-2H3,(H2,16,17,20). The smallest absolute Gasteiger partial charge is 0.315 e. The minimum absolute atomic E-state index is 0.00608. The Kier molecular flexibility index (Phi) is 3.74. The monoisotopic (exact) mass is 289 g/mol. The van der Waals surface area contributed by atoms with E-state index >= 15 is 0 Å². The molecule has 0 saturated carbocycles. The topological polar surface area (TPSA) is 81.1 Å². The third-order valence-corrected chi connectivity index (χ3v) is 3.35. The van der Waals surface area contributed by atoms with Crippen molar-refractivity contribution in [2.45, 2.75) is 32.5 Å². The zero-order valence-corrected chi connectivity index (χ0v) is 12.2. The van der Waals surface area contributed by atoms with E-state index in [9.17, 15) is 4.79 Å². The molecular formula is C14H19N5O2. The molecule has 0 aromatic carbocycles. The molecule has 1 unspecified atom stereocenters. The summed E-state index contributed by atoms with van der Waals surface area (Å²) >= 11 is 0. The zero-order chi connectivity index (χ0) is 14.8. The van der Waals surface area contributed by atoms with Crippen molar-refractivity contribution in [3.63, 3.8) is 0 Å². The van der Waals surface area contributed by atoms with E-state index in [0.717, 1.165) is 17.0 Å². The van der Waals surface area contributed by atoms with Crippen LogP contribution >= 0.6 is 0 Å². The molecule has 0 saturated heterocycles. The van der Waals surface area contributed by atoms with Gasteiger partial charge in [-0.2, -0.15) is 0 Å². The Morgan fingerprint density at radius 3 is 3.24 bits per heavy atom. The van der Waals surface area contributed by atoms with E-state index in [1.54, 1.807) is 6.20 Å². The lowest BCUT2D eigenvalue weighted by Gasteiger charge is -2.26. The number of pyridine rings is 1. The maximum Gasteiger partial charge on any atom is 0.315 e. The molecule has 2 aromatic rings. The summed E-state index contributed by atoms with van der Waals surface area (Å²) in [6.45, 7) is 5.35. The van der Waals surface area contributed by atoms with Gasteiger partial charge in [0.2, 0.25) is 0 Å². The summed E-state index contributed by atoms with van der Waals surface area (Å²) in [6, 6.07) is 3.75. The highest BCUT2D eigenvalue weighted by Gasteiger charge is 2.25. The Bertz CT molecular complexity index is 652. The van der Waals surface area contributed by atoms with Gasteiger partial charge in [0, 0.05) is 18.8 Å². The number of fused-ring (bicyclic) bond motifs is 3. The second-order valence-corrected chi connectivity index (χ2v) is 5.42. The average molecular weight is 289 g/mol. The molecule has 2 N–H and O–H groups in total. The third-order valence-electron chi connectivity index (χ3n) is 3.35. The molecule has 112 valence electrons. The lowest BCUT2D eigenvalue weighted by atomic mass is 10.2. The SMILES string of the molecule is CC(C)NC(=O)NCC1COCc2nc3cccnc3n21. The molecule has 21 heavy (non-hydrogen) atoms. The Labute approximate surface area is 122 Å². The quantitative estimate of drug-likeness (QED) is 0.890. The summed E-state index contributed by atoms with van der Waals surface area (Å²) < 4.78 is 7.63. The van der Waals surface area contributed by atoms with Gasteiger partial charge in [0.1, 0.15) is 17.9 Å². The lowest BCUT2D eigenvalue weighted by molar-refractivity contribution is 0.0569. The molecule has 1 aliphatic heterocycles. The van der Waals surface area contributed by atoms with E-state index in [0.29, 0.717) is 19.8 Å². The fraction of sp³-hybridized carbons (Fsp3) is 0.500. The molecule has 0 fully saturated rings. The van der Waals surface area contributed by atoms with Gasteiger partial charge in [0.15, 0.2) is 5.65 Å². The van der Waals surface area contributed by atoms with Crippen LogP contribution in [0.25, 0.3) is 11.2 Å². The maximum absolute atomic E-state index is 11.7. The Hall–Kier alpha value is -2.15. The Morgan fingerprint density at radius 1 is 1.57 bits per heavy atom. The van der Waals surface area contributed by atoms with E-state index in [-0.39, 0.29) is 18.1 Å². The van der Waals surface area contributed by atoms with Gasteiger partial charge in [-0.25, -0.2) is 14.8 Å². The number of hydrogen-bond acceptors (Lipinski definition) is 4. The number of hydrogen-bond donors (Lipinski definition) is 2. The normalized spacial score (nSPS) is 17.8. The van der Waals surface area contributed by atoms with Gasteiger partial charge in [0.25, 0.3) is 0 Å². The zero-order valence-electron chi connectivity index (χ0n) is 12.2. The summed E-state index contributed by atoms with van der Waals surface area (Å²) in [6.07, 6.45) is 1.75. The number of nitrogens with one attached hydrogen (secondary N) is 2. The number of carbonyl (C=O) groups excluding carboxylic acids is 1. The first-order valence-corrected chi connectivity index (χ1v) is 7.09. The van der Waals surface area contributed by atoms with Gasteiger partial charge in [0.05, 0.1) is 12.6 Å². The van der Waals surface area contributed by atoms with Crippen LogP contribution in [0.4, 0.5) is 4.79 Å². The largest absolute Gasteiger partial charge is 0.371 e. The molecule has 2 aromatic heterocycles. The number of nitrogens with zero attached hydrogens (tertiary/aromatic N) is 3. The van der Waals surface area contributed by atoms with Gasteiger partial charge in [-0.15, -0.1) is 0 Å². The Morgan fingerprint density at radius 2 is 2.43 bits per heavy atom. The minimum atomic E-state index is -0.172. The van der Waals surface area contributed by atoms with Crippen LogP contribution in [0.2, 0.25) is 0 Å². The molecule has 2 amide bonds. The average Bonchev–Trinajstić information content (AvgIpc) is 2.83. The first-order valence-electron chi connectivity index (χ1n) is 7.09. The number of imidazole rings is 1. The van der Waals surface area contributed by atoms with Crippen LogP contribution < -0.4 is 10.6 Å². The van der Waals surface area contributed by atoms with Crippen molar-refractivity contribution in [1.82, 2.24) is 25.2 Å². The van der Waals surface area contributed by atoms with Crippen LogP contribution in [0.3, 0.4) is 0 Å². The van der Waals surface area contributed by atoms with E-state index in [4.69, 9.17) is 4.74 Å². The van der Waals surface area contributed by atoms with Gasteiger partial charge in [-0.1, -0.05) is 0 Å². The van der Waals surface area contributed by atoms with Crippen LogP contribution in [0.1, 0.15) is 25.7 Å². The molecule has 3 rings (SSSR count). The van der Waals surface area contributed by atoms with E-state index in [1.807, 2.05) is 26.0 Å². The number of amides is 2. The van der Waals surface area contributed by atoms with E-state index < -0.39 is 0 Å². The highest BCUT2D eigenvalue weighted by Crippen LogP contribution is 2.23. The van der Waals surface area contributed by atoms with Crippen LogP contribution in [0.15, 0.2) is 18.3 Å². The van der Waals surface area contributed by atoms with Crippen LogP contribution in [-0.4, -0.2) is 39.8 Å². The second-order valence-electron chi connectivity index (χ2n) is 5.42. The summed E-state index contributed by atoms with van der Waals surface area (Å²) in [4.78, 5) is 20.6. The van der Waals surface area contributed by atoms with Gasteiger partial charge in [-0.3, -0.25) is 0 Å². The van der Waals surface area contributed by atoms with E-state index in [2.05, 4.69) is 25.2 Å². The highest BCUT2D eigenvalue weighted by molar-refractivity contribution is 5.74. The molecule has 3 heterocycles. The van der Waals surface area contributed by atoms with Crippen LogP contribution in [0.5, 0.6) is 0 Å². The summed E-state index contributed by atoms with van der Waals surface area (Å²) in [7, 11) is 0. The van der Waals surface area contributed by atoms with Crippen molar-refractivity contribution < 1.29 is 9.53 Å². The molecular weight excluding hydrogens is 270 g/mol. The molecule has 1 atom stereocenters. The predicted molar refractivity (Wildman–Crippen MR) is 77.9 cm³/mol. The number of ether oxygens (including phenoxy) is 1. The number of rotatable bonds is 3.